The average Bonchev–Trinajstić information content (AvgIpc) is 2.53. The molecule has 2 saturated heterocycles. The van der Waals surface area contributed by atoms with Crippen LogP contribution in [0.5, 0.6) is 0 Å². The molecule has 0 aromatic carbocycles. The Kier molecular flexibility index (Phi) is 4.40. The van der Waals surface area contributed by atoms with Crippen molar-refractivity contribution in [3.05, 3.63) is 0 Å². The normalized spacial score (nSPS) is 32.7. The molecule has 0 aromatic heterocycles. The van der Waals surface area contributed by atoms with Gasteiger partial charge in [-0.15, -0.1) is 0 Å². The Balaban J connectivity index is 1.77. The van der Waals surface area contributed by atoms with Gasteiger partial charge < -0.3 is 11.1 Å². The Labute approximate surface area is 104 Å². The Bertz CT molecular complexity index is 255. The molecule has 0 radical (unpaired) electrons. The second kappa shape index (κ2) is 5.83. The first kappa shape index (κ1) is 12.8. The monoisotopic (exact) mass is 239 g/mol. The first-order valence-electron chi connectivity index (χ1n) is 6.98. The second-order valence-corrected chi connectivity index (χ2v) is 5.49. The lowest BCUT2D eigenvalue weighted by Crippen LogP contribution is -2.50. The van der Waals surface area contributed by atoms with Gasteiger partial charge in [0.15, 0.2) is 0 Å². The molecule has 0 spiro atoms. The number of carbonyl (C=O) groups is 1. The molecule has 2 heterocycles. The summed E-state index contributed by atoms with van der Waals surface area (Å²) in [4.78, 5) is 14.2. The van der Waals surface area contributed by atoms with Crippen LogP contribution in [0.2, 0.25) is 0 Å². The summed E-state index contributed by atoms with van der Waals surface area (Å²) in [6, 6.07) is 1.47. The zero-order valence-electron chi connectivity index (χ0n) is 10.8. The minimum atomic E-state index is 0.186. The molecule has 0 saturated carbocycles. The summed E-state index contributed by atoms with van der Waals surface area (Å²) in [5, 5.41) is 3.00. The van der Waals surface area contributed by atoms with Crippen LogP contribution in [0.1, 0.15) is 45.4 Å². The molecule has 0 aromatic rings. The SMILES string of the molecule is CCCCNC(=O)CN1C2CCC1CC(N)C2. The average molecular weight is 239 g/mol. The molecule has 2 aliphatic heterocycles. The highest BCUT2D eigenvalue weighted by Crippen LogP contribution is 2.34. The summed E-state index contributed by atoms with van der Waals surface area (Å²) < 4.78 is 0. The zero-order valence-corrected chi connectivity index (χ0v) is 10.8. The van der Waals surface area contributed by atoms with E-state index in [1.807, 2.05) is 0 Å². The molecule has 2 rings (SSSR count). The van der Waals surface area contributed by atoms with Crippen molar-refractivity contribution in [1.29, 1.82) is 0 Å². The molecule has 3 N–H and O–H groups in total. The summed E-state index contributed by atoms with van der Waals surface area (Å²) in [5.41, 5.74) is 6.02. The summed E-state index contributed by atoms with van der Waals surface area (Å²) in [6.07, 6.45) is 6.78. The second-order valence-electron chi connectivity index (χ2n) is 5.49. The number of carbonyl (C=O) groups excluding carboxylic acids is 1. The fourth-order valence-electron chi connectivity index (χ4n) is 3.20. The molecule has 2 unspecified atom stereocenters. The van der Waals surface area contributed by atoms with Crippen LogP contribution in [-0.4, -0.2) is 42.0 Å². The number of nitrogens with zero attached hydrogens (tertiary/aromatic N) is 1. The van der Waals surface area contributed by atoms with Crippen molar-refractivity contribution in [1.82, 2.24) is 10.2 Å². The molecule has 1 amide bonds. The number of nitrogens with two attached hydrogens (primary N) is 1. The fraction of sp³-hybridized carbons (Fsp3) is 0.923. The zero-order chi connectivity index (χ0) is 12.3. The maximum Gasteiger partial charge on any atom is 0.234 e. The van der Waals surface area contributed by atoms with Crippen LogP contribution in [0.25, 0.3) is 0 Å². The standard InChI is InChI=1S/C13H25N3O/c1-2-3-6-15-13(17)9-16-11-4-5-12(16)8-10(14)7-11/h10-12H,2-9,14H2,1H3,(H,15,17). The summed E-state index contributed by atoms with van der Waals surface area (Å²) >= 11 is 0. The fourth-order valence-corrected chi connectivity index (χ4v) is 3.20. The quantitative estimate of drug-likeness (QED) is 0.700. The Hall–Kier alpha value is -0.610. The number of hydrogen-bond donors (Lipinski definition) is 2. The van der Waals surface area contributed by atoms with Crippen molar-refractivity contribution in [2.24, 2.45) is 5.73 Å². The van der Waals surface area contributed by atoms with Gasteiger partial charge in [-0.2, -0.15) is 0 Å². The van der Waals surface area contributed by atoms with E-state index in [-0.39, 0.29) is 5.91 Å². The number of hydrogen-bond acceptors (Lipinski definition) is 3. The molecular formula is C13H25N3O. The van der Waals surface area contributed by atoms with E-state index in [4.69, 9.17) is 5.73 Å². The van der Waals surface area contributed by atoms with Gasteiger partial charge in [0.05, 0.1) is 6.54 Å². The third-order valence-electron chi connectivity index (χ3n) is 4.10. The topological polar surface area (TPSA) is 58.4 Å². The Morgan fingerprint density at radius 2 is 2.00 bits per heavy atom. The van der Waals surface area contributed by atoms with E-state index in [9.17, 15) is 4.79 Å². The van der Waals surface area contributed by atoms with Crippen LogP contribution in [0.15, 0.2) is 0 Å². The molecule has 2 aliphatic rings. The van der Waals surface area contributed by atoms with E-state index >= 15 is 0 Å². The van der Waals surface area contributed by atoms with Crippen LogP contribution in [-0.2, 0) is 4.79 Å². The highest BCUT2D eigenvalue weighted by Gasteiger charge is 2.40. The third-order valence-corrected chi connectivity index (χ3v) is 4.10. The van der Waals surface area contributed by atoms with E-state index in [1.165, 1.54) is 12.8 Å². The van der Waals surface area contributed by atoms with Gasteiger partial charge in [-0.1, -0.05) is 13.3 Å². The molecule has 4 nitrogen and oxygen atoms in total. The number of fused-ring (bicyclic) bond motifs is 2. The lowest BCUT2D eigenvalue weighted by molar-refractivity contribution is -0.123. The number of unbranched alkanes of at least 4 members (excludes halogenated alkanes) is 1. The number of nitrogens with one attached hydrogen (secondary N) is 1. The molecule has 4 heteroatoms. The van der Waals surface area contributed by atoms with Gasteiger partial charge in [0.25, 0.3) is 0 Å². The minimum Gasteiger partial charge on any atom is -0.355 e. The molecule has 0 aliphatic carbocycles. The van der Waals surface area contributed by atoms with Gasteiger partial charge in [0.1, 0.15) is 0 Å². The van der Waals surface area contributed by atoms with E-state index in [0.29, 0.717) is 24.7 Å². The summed E-state index contributed by atoms with van der Waals surface area (Å²) in [7, 11) is 0. The van der Waals surface area contributed by atoms with Crippen molar-refractivity contribution in [3.63, 3.8) is 0 Å². The van der Waals surface area contributed by atoms with Crippen molar-refractivity contribution >= 4 is 5.91 Å². The van der Waals surface area contributed by atoms with Gasteiger partial charge in [-0.25, -0.2) is 0 Å². The van der Waals surface area contributed by atoms with E-state index in [2.05, 4.69) is 17.1 Å². The molecule has 2 atom stereocenters. The van der Waals surface area contributed by atoms with Crippen LogP contribution < -0.4 is 11.1 Å². The molecule has 98 valence electrons. The molecule has 17 heavy (non-hydrogen) atoms. The first-order valence-corrected chi connectivity index (χ1v) is 6.98. The first-order chi connectivity index (χ1) is 8.20. The number of rotatable bonds is 5. The Morgan fingerprint density at radius 3 is 2.59 bits per heavy atom. The molecular weight excluding hydrogens is 214 g/mol. The molecule has 2 bridgehead atoms. The summed E-state index contributed by atoms with van der Waals surface area (Å²) in [5.74, 6) is 0.186. The summed E-state index contributed by atoms with van der Waals surface area (Å²) in [6.45, 7) is 3.53. The smallest absolute Gasteiger partial charge is 0.234 e. The lowest BCUT2D eigenvalue weighted by Gasteiger charge is -2.37. The van der Waals surface area contributed by atoms with Crippen molar-refractivity contribution < 1.29 is 4.79 Å². The van der Waals surface area contributed by atoms with Gasteiger partial charge in [0.2, 0.25) is 5.91 Å². The minimum absolute atomic E-state index is 0.186. The predicted octanol–water partition coefficient (Wildman–Crippen LogP) is 0.857. The van der Waals surface area contributed by atoms with Crippen LogP contribution in [0.4, 0.5) is 0 Å². The highest BCUT2D eigenvalue weighted by molar-refractivity contribution is 5.78. The van der Waals surface area contributed by atoms with Crippen LogP contribution in [0, 0.1) is 0 Å². The van der Waals surface area contributed by atoms with E-state index in [0.717, 1.165) is 32.2 Å². The maximum absolute atomic E-state index is 11.8. The molecule has 2 fully saturated rings. The van der Waals surface area contributed by atoms with Crippen LogP contribution in [0.3, 0.4) is 0 Å². The van der Waals surface area contributed by atoms with Crippen molar-refractivity contribution in [3.8, 4) is 0 Å². The van der Waals surface area contributed by atoms with Crippen LogP contribution >= 0.6 is 0 Å². The Morgan fingerprint density at radius 1 is 1.35 bits per heavy atom. The largest absolute Gasteiger partial charge is 0.355 e. The highest BCUT2D eigenvalue weighted by atomic mass is 16.2. The van der Waals surface area contributed by atoms with Gasteiger partial charge in [-0.05, 0) is 32.1 Å². The number of piperidine rings is 1. The predicted molar refractivity (Wildman–Crippen MR) is 68.6 cm³/mol. The third kappa shape index (κ3) is 3.19. The van der Waals surface area contributed by atoms with Gasteiger partial charge in [-0.3, -0.25) is 9.69 Å². The van der Waals surface area contributed by atoms with Crippen molar-refractivity contribution in [2.45, 2.75) is 63.6 Å². The number of amides is 1. The maximum atomic E-state index is 11.8. The van der Waals surface area contributed by atoms with Crippen molar-refractivity contribution in [2.75, 3.05) is 13.1 Å². The van der Waals surface area contributed by atoms with Gasteiger partial charge >= 0.3 is 0 Å². The lowest BCUT2D eigenvalue weighted by atomic mass is 9.98. The van der Waals surface area contributed by atoms with Gasteiger partial charge in [0, 0.05) is 24.7 Å². The van der Waals surface area contributed by atoms with E-state index < -0.39 is 0 Å². The van der Waals surface area contributed by atoms with E-state index in [1.54, 1.807) is 0 Å².